The maximum atomic E-state index is 12.9. The first-order chi connectivity index (χ1) is 14.0. The Morgan fingerprint density at radius 1 is 1.03 bits per heavy atom. The molecule has 0 unspecified atom stereocenters. The van der Waals surface area contributed by atoms with Gasteiger partial charge >= 0.3 is 0 Å². The molecular formula is C23H29N3O3. The lowest BCUT2D eigenvalue weighted by molar-refractivity contribution is -0.120. The predicted octanol–water partition coefficient (Wildman–Crippen LogP) is 2.81. The second kappa shape index (κ2) is 9.56. The summed E-state index contributed by atoms with van der Waals surface area (Å²) in [4.78, 5) is 31.4. The highest BCUT2D eigenvalue weighted by Crippen LogP contribution is 2.20. The zero-order valence-corrected chi connectivity index (χ0v) is 17.4. The summed E-state index contributed by atoms with van der Waals surface area (Å²) in [5.41, 5.74) is 2.69. The molecule has 2 aromatic carbocycles. The Morgan fingerprint density at radius 2 is 1.76 bits per heavy atom. The summed E-state index contributed by atoms with van der Waals surface area (Å²) in [6, 6.07) is 15.2. The smallest absolute Gasteiger partial charge is 0.254 e. The summed E-state index contributed by atoms with van der Waals surface area (Å²) >= 11 is 0. The quantitative estimate of drug-likeness (QED) is 0.755. The SMILES string of the molecule is CCN(C(=O)CN1CCN(C(=O)c2cccc(OC)c2)CC1)c1ccccc1C. The standard InChI is InChI=1S/C23H29N3O3/c1-4-26(21-11-6-5-8-18(21)2)22(27)17-24-12-14-25(15-13-24)23(28)19-9-7-10-20(16-19)29-3/h5-11,16H,4,12-15,17H2,1-3H3. The predicted molar refractivity (Wildman–Crippen MR) is 115 cm³/mol. The number of anilines is 1. The Morgan fingerprint density at radius 3 is 2.41 bits per heavy atom. The number of carbonyl (C=O) groups is 2. The number of methoxy groups -OCH3 is 1. The molecule has 0 saturated carbocycles. The lowest BCUT2D eigenvalue weighted by Crippen LogP contribution is -2.51. The largest absolute Gasteiger partial charge is 0.497 e. The first-order valence-electron chi connectivity index (χ1n) is 10.0. The first-order valence-corrected chi connectivity index (χ1v) is 10.0. The Labute approximate surface area is 172 Å². The summed E-state index contributed by atoms with van der Waals surface area (Å²) in [6.45, 7) is 7.61. The first kappa shape index (κ1) is 20.9. The molecule has 2 aromatic rings. The van der Waals surface area contributed by atoms with Crippen LogP contribution in [-0.2, 0) is 4.79 Å². The van der Waals surface area contributed by atoms with Crippen LogP contribution in [0.25, 0.3) is 0 Å². The van der Waals surface area contributed by atoms with E-state index in [4.69, 9.17) is 4.74 Å². The molecule has 154 valence electrons. The molecule has 1 heterocycles. The molecule has 1 aliphatic heterocycles. The molecule has 0 bridgehead atoms. The number of ether oxygens (including phenoxy) is 1. The van der Waals surface area contributed by atoms with Crippen molar-refractivity contribution in [3.8, 4) is 5.75 Å². The second-order valence-corrected chi connectivity index (χ2v) is 7.22. The van der Waals surface area contributed by atoms with E-state index >= 15 is 0 Å². The van der Waals surface area contributed by atoms with Gasteiger partial charge in [-0.25, -0.2) is 0 Å². The minimum absolute atomic E-state index is 0.00460. The van der Waals surface area contributed by atoms with Gasteiger partial charge in [0.1, 0.15) is 5.75 Å². The van der Waals surface area contributed by atoms with E-state index in [0.29, 0.717) is 50.6 Å². The minimum Gasteiger partial charge on any atom is -0.497 e. The van der Waals surface area contributed by atoms with Crippen LogP contribution in [0.15, 0.2) is 48.5 Å². The van der Waals surface area contributed by atoms with Crippen molar-refractivity contribution in [1.29, 1.82) is 0 Å². The molecule has 6 heteroatoms. The molecule has 2 amide bonds. The number of para-hydroxylation sites is 1. The van der Waals surface area contributed by atoms with Crippen molar-refractivity contribution in [2.75, 3.05) is 51.3 Å². The van der Waals surface area contributed by atoms with E-state index in [1.165, 1.54) is 0 Å². The van der Waals surface area contributed by atoms with Crippen molar-refractivity contribution in [2.45, 2.75) is 13.8 Å². The number of aryl methyl sites for hydroxylation is 1. The molecule has 6 nitrogen and oxygen atoms in total. The van der Waals surface area contributed by atoms with Gasteiger partial charge in [-0.15, -0.1) is 0 Å². The van der Waals surface area contributed by atoms with Crippen molar-refractivity contribution >= 4 is 17.5 Å². The number of hydrogen-bond donors (Lipinski definition) is 0. The summed E-state index contributed by atoms with van der Waals surface area (Å²) in [5, 5.41) is 0. The van der Waals surface area contributed by atoms with Gasteiger partial charge in [0, 0.05) is 44.0 Å². The van der Waals surface area contributed by atoms with Gasteiger partial charge in [0.2, 0.25) is 5.91 Å². The zero-order chi connectivity index (χ0) is 20.8. The number of rotatable bonds is 6. The molecule has 29 heavy (non-hydrogen) atoms. The zero-order valence-electron chi connectivity index (χ0n) is 17.4. The third-order valence-corrected chi connectivity index (χ3v) is 5.36. The highest BCUT2D eigenvalue weighted by Gasteiger charge is 2.25. The minimum atomic E-state index is 0.00460. The lowest BCUT2D eigenvalue weighted by atomic mass is 10.1. The average molecular weight is 396 g/mol. The topological polar surface area (TPSA) is 53.1 Å². The van der Waals surface area contributed by atoms with E-state index in [-0.39, 0.29) is 11.8 Å². The Balaban J connectivity index is 1.57. The molecule has 1 aliphatic rings. The third kappa shape index (κ3) is 4.95. The van der Waals surface area contributed by atoms with Crippen LogP contribution in [0.1, 0.15) is 22.8 Å². The van der Waals surface area contributed by atoms with E-state index < -0.39 is 0 Å². The summed E-state index contributed by atoms with van der Waals surface area (Å²) in [6.07, 6.45) is 0. The highest BCUT2D eigenvalue weighted by molar-refractivity contribution is 5.96. The Hall–Kier alpha value is -2.86. The van der Waals surface area contributed by atoms with E-state index in [2.05, 4.69) is 4.90 Å². The van der Waals surface area contributed by atoms with Crippen molar-refractivity contribution in [3.63, 3.8) is 0 Å². The van der Waals surface area contributed by atoms with Gasteiger partial charge in [-0.3, -0.25) is 14.5 Å². The van der Waals surface area contributed by atoms with Crippen molar-refractivity contribution in [2.24, 2.45) is 0 Å². The maximum Gasteiger partial charge on any atom is 0.254 e. The van der Waals surface area contributed by atoms with E-state index in [1.807, 2.05) is 66.1 Å². The van der Waals surface area contributed by atoms with Crippen LogP contribution >= 0.6 is 0 Å². The van der Waals surface area contributed by atoms with Crippen LogP contribution in [-0.4, -0.2) is 68.0 Å². The van der Waals surface area contributed by atoms with Crippen LogP contribution in [0, 0.1) is 6.92 Å². The number of hydrogen-bond acceptors (Lipinski definition) is 4. The average Bonchev–Trinajstić information content (AvgIpc) is 2.75. The summed E-state index contributed by atoms with van der Waals surface area (Å²) in [7, 11) is 1.59. The molecule has 0 N–H and O–H groups in total. The fraction of sp³-hybridized carbons (Fsp3) is 0.391. The van der Waals surface area contributed by atoms with Gasteiger partial charge in [0.05, 0.1) is 13.7 Å². The van der Waals surface area contributed by atoms with E-state index in [1.54, 1.807) is 13.2 Å². The third-order valence-electron chi connectivity index (χ3n) is 5.36. The maximum absolute atomic E-state index is 12.9. The molecular weight excluding hydrogens is 366 g/mol. The lowest BCUT2D eigenvalue weighted by Gasteiger charge is -2.35. The van der Waals surface area contributed by atoms with E-state index in [0.717, 1.165) is 11.3 Å². The second-order valence-electron chi connectivity index (χ2n) is 7.22. The van der Waals surface area contributed by atoms with Gasteiger partial charge in [-0.2, -0.15) is 0 Å². The number of nitrogens with zero attached hydrogens (tertiary/aromatic N) is 3. The van der Waals surface area contributed by atoms with Crippen LogP contribution < -0.4 is 9.64 Å². The van der Waals surface area contributed by atoms with E-state index in [9.17, 15) is 9.59 Å². The molecule has 0 atom stereocenters. The molecule has 1 fully saturated rings. The number of benzene rings is 2. The fourth-order valence-corrected chi connectivity index (χ4v) is 3.67. The van der Waals surface area contributed by atoms with Crippen LogP contribution in [0.5, 0.6) is 5.75 Å². The molecule has 0 spiro atoms. The normalized spacial score (nSPS) is 14.5. The molecule has 3 rings (SSSR count). The number of piperazine rings is 1. The highest BCUT2D eigenvalue weighted by atomic mass is 16.5. The monoisotopic (exact) mass is 395 g/mol. The van der Waals surface area contributed by atoms with Crippen LogP contribution in [0.2, 0.25) is 0 Å². The van der Waals surface area contributed by atoms with Gasteiger partial charge in [-0.1, -0.05) is 24.3 Å². The fourth-order valence-electron chi connectivity index (χ4n) is 3.67. The van der Waals surface area contributed by atoms with Crippen molar-refractivity contribution in [1.82, 2.24) is 9.80 Å². The Kier molecular flexibility index (Phi) is 6.88. The van der Waals surface area contributed by atoms with Gasteiger partial charge in [-0.05, 0) is 43.7 Å². The Bertz CT molecular complexity index is 860. The molecule has 0 aromatic heterocycles. The number of amides is 2. The van der Waals surface area contributed by atoms with Gasteiger partial charge < -0.3 is 14.5 Å². The van der Waals surface area contributed by atoms with Gasteiger partial charge in [0.25, 0.3) is 5.91 Å². The van der Waals surface area contributed by atoms with Crippen LogP contribution in [0.3, 0.4) is 0 Å². The number of carbonyl (C=O) groups excluding carboxylic acids is 2. The molecule has 1 saturated heterocycles. The summed E-state index contributed by atoms with van der Waals surface area (Å²) < 4.78 is 5.21. The molecule has 0 aliphatic carbocycles. The molecule has 0 radical (unpaired) electrons. The van der Waals surface area contributed by atoms with Crippen molar-refractivity contribution in [3.05, 3.63) is 59.7 Å². The number of likely N-dealkylation sites (N-methyl/N-ethyl adjacent to an activating group) is 1. The van der Waals surface area contributed by atoms with Crippen molar-refractivity contribution < 1.29 is 14.3 Å². The van der Waals surface area contributed by atoms with Crippen LogP contribution in [0.4, 0.5) is 5.69 Å². The summed E-state index contributed by atoms with van der Waals surface area (Å²) in [5.74, 6) is 0.773. The van der Waals surface area contributed by atoms with Gasteiger partial charge in [0.15, 0.2) is 0 Å².